The van der Waals surface area contributed by atoms with E-state index in [1.165, 1.54) is 31.4 Å². The summed E-state index contributed by atoms with van der Waals surface area (Å²) < 4.78 is 49.1. The predicted octanol–water partition coefficient (Wildman–Crippen LogP) is 3.60. The normalized spacial score (nSPS) is 10.9. The molecule has 3 aromatic rings. The first kappa shape index (κ1) is 20.0. The Labute approximate surface area is 163 Å². The van der Waals surface area contributed by atoms with Gasteiger partial charge in [-0.05, 0) is 24.3 Å². The van der Waals surface area contributed by atoms with Crippen LogP contribution < -0.4 is 15.7 Å². The Kier molecular flexibility index (Phi) is 5.59. The summed E-state index contributed by atoms with van der Waals surface area (Å²) in [6.45, 7) is -0.249. The average molecular weight is 401 g/mol. The van der Waals surface area contributed by atoms with Gasteiger partial charge in [0.15, 0.2) is 11.3 Å². The fraction of sp³-hybridized carbons (Fsp3) is 0.143. The minimum absolute atomic E-state index is 0.202. The van der Waals surface area contributed by atoms with E-state index < -0.39 is 23.3 Å². The second-order valence-corrected chi connectivity index (χ2v) is 5.85. The Bertz CT molecular complexity index is 1190. The number of benzene rings is 2. The summed E-state index contributed by atoms with van der Waals surface area (Å²) in [7, 11) is 1.42. The smallest absolute Gasteiger partial charge is 0.417 e. The van der Waals surface area contributed by atoms with Crippen LogP contribution in [0.15, 0.2) is 57.7 Å². The second kappa shape index (κ2) is 8.10. The second-order valence-electron chi connectivity index (χ2n) is 5.85. The Balaban J connectivity index is 1.78. The molecule has 3 rings (SSSR count). The fourth-order valence-electron chi connectivity index (χ4n) is 2.64. The van der Waals surface area contributed by atoms with Crippen LogP contribution in [0.25, 0.3) is 11.0 Å². The molecule has 5 nitrogen and oxygen atoms in total. The molecule has 0 fully saturated rings. The summed E-state index contributed by atoms with van der Waals surface area (Å²) in [6.07, 6.45) is -4.53. The van der Waals surface area contributed by atoms with E-state index in [1.807, 2.05) is 0 Å². The highest BCUT2D eigenvalue weighted by molar-refractivity contribution is 5.97. The van der Waals surface area contributed by atoms with Crippen LogP contribution in [0.1, 0.15) is 21.5 Å². The number of fused-ring (bicyclic) bond motifs is 1. The molecule has 0 aliphatic carbocycles. The highest BCUT2D eigenvalue weighted by Gasteiger charge is 2.32. The highest BCUT2D eigenvalue weighted by atomic mass is 19.4. The van der Waals surface area contributed by atoms with Gasteiger partial charge in [0.05, 0.1) is 19.2 Å². The van der Waals surface area contributed by atoms with Crippen molar-refractivity contribution in [3.05, 3.63) is 75.6 Å². The Hall–Kier alpha value is -3.73. The zero-order chi connectivity index (χ0) is 21.0. The summed E-state index contributed by atoms with van der Waals surface area (Å²) in [5, 5.41) is 2.86. The Morgan fingerprint density at radius 3 is 2.66 bits per heavy atom. The largest absolute Gasteiger partial charge is 0.493 e. The molecule has 0 aliphatic rings. The first-order chi connectivity index (χ1) is 13.8. The maximum atomic E-state index is 12.9. The van der Waals surface area contributed by atoms with Crippen molar-refractivity contribution in [2.75, 3.05) is 13.7 Å². The molecular formula is C21H14F3NO4. The van der Waals surface area contributed by atoms with E-state index in [2.05, 4.69) is 17.2 Å². The lowest BCUT2D eigenvalue weighted by Crippen LogP contribution is -2.28. The van der Waals surface area contributed by atoms with Crippen molar-refractivity contribution in [1.82, 2.24) is 5.32 Å². The molecule has 1 aromatic heterocycles. The van der Waals surface area contributed by atoms with Crippen molar-refractivity contribution < 1.29 is 27.1 Å². The highest BCUT2D eigenvalue weighted by Crippen LogP contribution is 2.31. The first-order valence-corrected chi connectivity index (χ1v) is 8.35. The quantitative estimate of drug-likeness (QED) is 0.538. The third-order valence-corrected chi connectivity index (χ3v) is 3.98. The van der Waals surface area contributed by atoms with E-state index in [9.17, 15) is 22.8 Å². The molecule has 8 heteroatoms. The van der Waals surface area contributed by atoms with Gasteiger partial charge in [0.25, 0.3) is 5.91 Å². The molecule has 0 atom stereocenters. The zero-order valence-corrected chi connectivity index (χ0v) is 15.1. The van der Waals surface area contributed by atoms with Crippen molar-refractivity contribution in [3.8, 4) is 17.6 Å². The Morgan fingerprint density at radius 1 is 1.17 bits per heavy atom. The molecule has 0 saturated carbocycles. The van der Waals surface area contributed by atoms with Crippen molar-refractivity contribution >= 4 is 16.9 Å². The van der Waals surface area contributed by atoms with Crippen LogP contribution in [0.3, 0.4) is 0 Å². The minimum atomic E-state index is -4.53. The zero-order valence-electron chi connectivity index (χ0n) is 15.1. The van der Waals surface area contributed by atoms with Gasteiger partial charge >= 0.3 is 11.8 Å². The van der Waals surface area contributed by atoms with Crippen molar-refractivity contribution in [2.24, 2.45) is 0 Å². The molecule has 1 amide bonds. The third kappa shape index (κ3) is 4.41. The summed E-state index contributed by atoms with van der Waals surface area (Å²) in [5.41, 5.74) is -1.97. The molecule has 0 saturated heterocycles. The van der Waals surface area contributed by atoms with Gasteiger partial charge in [-0.3, -0.25) is 4.79 Å². The number of halogens is 3. The van der Waals surface area contributed by atoms with Crippen LogP contribution in [-0.4, -0.2) is 19.6 Å². The number of carbonyl (C=O) groups is 1. The lowest BCUT2D eigenvalue weighted by atomic mass is 10.1. The molecule has 148 valence electrons. The lowest BCUT2D eigenvalue weighted by molar-refractivity contribution is -0.137. The number of nitrogens with one attached hydrogen (secondary N) is 1. The molecule has 0 bridgehead atoms. The summed E-state index contributed by atoms with van der Waals surface area (Å²) in [6, 6.07) is 11.2. The molecular weight excluding hydrogens is 387 g/mol. The van der Waals surface area contributed by atoms with E-state index in [0.717, 1.165) is 6.07 Å². The molecule has 0 spiro atoms. The van der Waals surface area contributed by atoms with Crippen molar-refractivity contribution in [3.63, 3.8) is 0 Å². The summed E-state index contributed by atoms with van der Waals surface area (Å²) in [5.74, 6) is 4.44. The van der Waals surface area contributed by atoms with E-state index in [1.54, 1.807) is 18.2 Å². The number of hydrogen-bond donors (Lipinski definition) is 1. The van der Waals surface area contributed by atoms with Crippen LogP contribution in [0.4, 0.5) is 13.2 Å². The molecule has 0 radical (unpaired) electrons. The number of rotatable bonds is 3. The standard InChI is InChI=1S/C21H14F3NO4/c1-28-17-10-4-7-14-12-15(20(27)29-18(14)17)19(26)25-11-5-8-13-6-2-3-9-16(13)21(22,23)24/h2-4,6-7,9-10,12H,11H2,1H3,(H,25,26). The van der Waals surface area contributed by atoms with Crippen LogP contribution in [0, 0.1) is 11.8 Å². The monoisotopic (exact) mass is 401 g/mol. The van der Waals surface area contributed by atoms with E-state index in [0.29, 0.717) is 11.1 Å². The topological polar surface area (TPSA) is 68.5 Å². The van der Waals surface area contributed by atoms with Crippen LogP contribution in [0.5, 0.6) is 5.75 Å². The summed E-state index contributed by atoms with van der Waals surface area (Å²) >= 11 is 0. The number of para-hydroxylation sites is 1. The van der Waals surface area contributed by atoms with Crippen LogP contribution in [-0.2, 0) is 6.18 Å². The van der Waals surface area contributed by atoms with Crippen LogP contribution >= 0.6 is 0 Å². The number of carbonyl (C=O) groups excluding carboxylic acids is 1. The molecule has 0 aliphatic heterocycles. The fourth-order valence-corrected chi connectivity index (χ4v) is 2.64. The summed E-state index contributed by atoms with van der Waals surface area (Å²) in [4.78, 5) is 24.4. The number of amides is 1. The van der Waals surface area contributed by atoms with Gasteiger partial charge < -0.3 is 14.5 Å². The maximum Gasteiger partial charge on any atom is 0.417 e. The molecule has 0 unspecified atom stereocenters. The van der Waals surface area contributed by atoms with Gasteiger partial charge in [-0.1, -0.05) is 36.1 Å². The molecule has 29 heavy (non-hydrogen) atoms. The molecule has 2 aromatic carbocycles. The van der Waals surface area contributed by atoms with E-state index in [-0.39, 0.29) is 23.3 Å². The van der Waals surface area contributed by atoms with Crippen molar-refractivity contribution in [1.29, 1.82) is 0 Å². The van der Waals surface area contributed by atoms with Crippen LogP contribution in [0.2, 0.25) is 0 Å². The number of ether oxygens (including phenoxy) is 1. The third-order valence-electron chi connectivity index (χ3n) is 3.98. The maximum absolute atomic E-state index is 12.9. The Morgan fingerprint density at radius 2 is 1.93 bits per heavy atom. The van der Waals surface area contributed by atoms with Gasteiger partial charge in [-0.2, -0.15) is 13.2 Å². The first-order valence-electron chi connectivity index (χ1n) is 8.35. The minimum Gasteiger partial charge on any atom is -0.493 e. The van der Waals surface area contributed by atoms with Gasteiger partial charge in [0, 0.05) is 10.9 Å². The number of alkyl halides is 3. The molecule has 1 heterocycles. The average Bonchev–Trinajstić information content (AvgIpc) is 2.69. The number of hydrogen-bond acceptors (Lipinski definition) is 4. The lowest BCUT2D eigenvalue weighted by Gasteiger charge is -2.08. The van der Waals surface area contributed by atoms with Gasteiger partial charge in [-0.15, -0.1) is 0 Å². The molecule has 1 N–H and O–H groups in total. The predicted molar refractivity (Wildman–Crippen MR) is 99.7 cm³/mol. The van der Waals surface area contributed by atoms with E-state index >= 15 is 0 Å². The van der Waals surface area contributed by atoms with Gasteiger partial charge in [-0.25, -0.2) is 4.79 Å². The van der Waals surface area contributed by atoms with E-state index in [4.69, 9.17) is 9.15 Å². The van der Waals surface area contributed by atoms with Crippen molar-refractivity contribution in [2.45, 2.75) is 6.18 Å². The SMILES string of the molecule is COc1cccc2cc(C(=O)NCC#Cc3ccccc3C(F)(F)F)c(=O)oc12. The van der Waals surface area contributed by atoms with Gasteiger partial charge in [0.2, 0.25) is 0 Å². The van der Waals surface area contributed by atoms with Gasteiger partial charge in [0.1, 0.15) is 5.56 Å². The number of methoxy groups -OCH3 is 1.